The molecule has 0 amide bonds. The lowest BCUT2D eigenvalue weighted by molar-refractivity contribution is 0.590. The summed E-state index contributed by atoms with van der Waals surface area (Å²) in [5.74, 6) is 7.70. The van der Waals surface area contributed by atoms with Crippen molar-refractivity contribution in [3.63, 3.8) is 0 Å². The number of hydrogen-bond donors (Lipinski definition) is 1. The second-order valence-electron chi connectivity index (χ2n) is 6.78. The number of nitrogens with zero attached hydrogens (tertiary/aromatic N) is 3. The molecule has 2 aromatic carbocycles. The molecule has 3 rings (SSSR count). The van der Waals surface area contributed by atoms with Gasteiger partial charge in [0.2, 0.25) is 5.16 Å². The molecular formula is C19H22N4S. The van der Waals surface area contributed by atoms with Gasteiger partial charge in [-0.05, 0) is 16.5 Å². The highest BCUT2D eigenvalue weighted by Gasteiger charge is 2.16. The molecule has 5 heteroatoms. The van der Waals surface area contributed by atoms with E-state index in [0.717, 1.165) is 11.3 Å². The van der Waals surface area contributed by atoms with Gasteiger partial charge in [0, 0.05) is 11.3 Å². The molecule has 0 fully saturated rings. The number of benzene rings is 2. The van der Waals surface area contributed by atoms with Crippen LogP contribution in [0.3, 0.4) is 0 Å². The van der Waals surface area contributed by atoms with Gasteiger partial charge in [-0.2, -0.15) is 0 Å². The van der Waals surface area contributed by atoms with E-state index >= 15 is 0 Å². The standard InChI is InChI=1S/C19H22N4S/c1-19(2,3)16-11-9-15(10-12-16)17-21-22-18(23(17)20)24-13-14-7-5-4-6-8-14/h4-12H,13,20H2,1-3H3. The predicted octanol–water partition coefficient (Wildman–Crippen LogP) is 4.25. The molecule has 0 unspecified atom stereocenters. The van der Waals surface area contributed by atoms with Crippen LogP contribution >= 0.6 is 11.8 Å². The molecular weight excluding hydrogens is 316 g/mol. The van der Waals surface area contributed by atoms with E-state index in [1.165, 1.54) is 11.1 Å². The highest BCUT2D eigenvalue weighted by Crippen LogP contribution is 2.27. The summed E-state index contributed by atoms with van der Waals surface area (Å²) in [7, 11) is 0. The van der Waals surface area contributed by atoms with Gasteiger partial charge in [0.1, 0.15) is 0 Å². The van der Waals surface area contributed by atoms with Crippen molar-refractivity contribution in [2.75, 3.05) is 5.84 Å². The fraction of sp³-hybridized carbons (Fsp3) is 0.263. The number of thioether (sulfide) groups is 1. The average molecular weight is 338 g/mol. The summed E-state index contributed by atoms with van der Waals surface area (Å²) in [5, 5.41) is 9.20. The molecule has 0 aliphatic rings. The molecule has 0 saturated heterocycles. The summed E-state index contributed by atoms with van der Waals surface area (Å²) in [6.07, 6.45) is 0. The van der Waals surface area contributed by atoms with E-state index in [0.29, 0.717) is 11.0 Å². The number of rotatable bonds is 4. The lowest BCUT2D eigenvalue weighted by atomic mass is 9.87. The molecule has 0 saturated carbocycles. The van der Waals surface area contributed by atoms with Crippen molar-refractivity contribution in [2.45, 2.75) is 37.1 Å². The van der Waals surface area contributed by atoms with E-state index in [9.17, 15) is 0 Å². The molecule has 4 nitrogen and oxygen atoms in total. The lowest BCUT2D eigenvalue weighted by Crippen LogP contribution is -2.12. The van der Waals surface area contributed by atoms with Crippen LogP contribution in [0.25, 0.3) is 11.4 Å². The fourth-order valence-electron chi connectivity index (χ4n) is 2.41. The Morgan fingerprint density at radius 2 is 1.62 bits per heavy atom. The summed E-state index contributed by atoms with van der Waals surface area (Å²) in [4.78, 5) is 0. The summed E-state index contributed by atoms with van der Waals surface area (Å²) in [6.45, 7) is 6.60. The van der Waals surface area contributed by atoms with Crippen molar-refractivity contribution < 1.29 is 0 Å². The van der Waals surface area contributed by atoms with Gasteiger partial charge < -0.3 is 5.84 Å². The van der Waals surface area contributed by atoms with Gasteiger partial charge in [-0.15, -0.1) is 10.2 Å². The Bertz CT molecular complexity index is 802. The zero-order valence-electron chi connectivity index (χ0n) is 14.2. The number of nitrogens with two attached hydrogens (primary N) is 1. The van der Waals surface area contributed by atoms with E-state index in [4.69, 9.17) is 5.84 Å². The van der Waals surface area contributed by atoms with Gasteiger partial charge in [0.25, 0.3) is 0 Å². The molecule has 0 aliphatic heterocycles. The molecule has 0 aliphatic carbocycles. The minimum Gasteiger partial charge on any atom is -0.335 e. The van der Waals surface area contributed by atoms with Crippen LogP contribution < -0.4 is 5.84 Å². The van der Waals surface area contributed by atoms with Crippen LogP contribution in [-0.4, -0.2) is 14.9 Å². The quantitative estimate of drug-likeness (QED) is 0.571. The molecule has 124 valence electrons. The van der Waals surface area contributed by atoms with Gasteiger partial charge in [-0.25, -0.2) is 4.68 Å². The minimum absolute atomic E-state index is 0.131. The zero-order chi connectivity index (χ0) is 17.2. The number of hydrogen-bond acceptors (Lipinski definition) is 4. The van der Waals surface area contributed by atoms with Gasteiger partial charge in [0.05, 0.1) is 0 Å². The lowest BCUT2D eigenvalue weighted by Gasteiger charge is -2.19. The normalized spacial score (nSPS) is 11.6. The minimum atomic E-state index is 0.131. The van der Waals surface area contributed by atoms with Crippen molar-refractivity contribution in [1.82, 2.24) is 14.9 Å². The Hall–Kier alpha value is -2.27. The van der Waals surface area contributed by atoms with Gasteiger partial charge >= 0.3 is 0 Å². The monoisotopic (exact) mass is 338 g/mol. The number of aromatic nitrogens is 3. The van der Waals surface area contributed by atoms with Crippen LogP contribution in [-0.2, 0) is 11.2 Å². The Labute approximate surface area is 147 Å². The second kappa shape index (κ2) is 6.69. The van der Waals surface area contributed by atoms with Crippen LogP contribution in [0.1, 0.15) is 31.9 Å². The van der Waals surface area contributed by atoms with Crippen LogP contribution in [0.4, 0.5) is 0 Å². The van der Waals surface area contributed by atoms with Gasteiger partial charge in [-0.3, -0.25) is 0 Å². The molecule has 0 bridgehead atoms. The van der Waals surface area contributed by atoms with E-state index in [1.807, 2.05) is 18.2 Å². The van der Waals surface area contributed by atoms with E-state index in [-0.39, 0.29) is 5.41 Å². The third-order valence-electron chi connectivity index (χ3n) is 3.88. The molecule has 1 aromatic heterocycles. The third kappa shape index (κ3) is 3.62. The van der Waals surface area contributed by atoms with Crippen molar-refractivity contribution in [1.29, 1.82) is 0 Å². The first-order valence-electron chi connectivity index (χ1n) is 7.93. The SMILES string of the molecule is CC(C)(C)c1ccc(-c2nnc(SCc3ccccc3)n2N)cc1. The summed E-state index contributed by atoms with van der Waals surface area (Å²) in [6, 6.07) is 18.6. The molecule has 2 N–H and O–H groups in total. The van der Waals surface area contributed by atoms with Crippen LogP contribution in [0.2, 0.25) is 0 Å². The third-order valence-corrected chi connectivity index (χ3v) is 4.90. The molecule has 3 aromatic rings. The molecule has 1 heterocycles. The first kappa shape index (κ1) is 16.6. The van der Waals surface area contributed by atoms with E-state index in [2.05, 4.69) is 67.4 Å². The first-order valence-corrected chi connectivity index (χ1v) is 8.92. The smallest absolute Gasteiger partial charge is 0.210 e. The number of nitrogen functional groups attached to an aromatic ring is 1. The fourth-order valence-corrected chi connectivity index (χ4v) is 3.23. The highest BCUT2D eigenvalue weighted by molar-refractivity contribution is 7.98. The van der Waals surface area contributed by atoms with Crippen molar-refractivity contribution >= 4 is 11.8 Å². The Morgan fingerprint density at radius 1 is 0.958 bits per heavy atom. The molecule has 0 atom stereocenters. The van der Waals surface area contributed by atoms with Gasteiger partial charge in [0.15, 0.2) is 5.82 Å². The first-order chi connectivity index (χ1) is 11.4. The topological polar surface area (TPSA) is 56.7 Å². The summed E-state index contributed by atoms with van der Waals surface area (Å²) in [5.41, 5.74) is 3.63. The van der Waals surface area contributed by atoms with E-state index in [1.54, 1.807) is 16.4 Å². The second-order valence-corrected chi connectivity index (χ2v) is 7.72. The Balaban J connectivity index is 1.77. The summed E-state index contributed by atoms with van der Waals surface area (Å²) < 4.78 is 1.57. The molecule has 24 heavy (non-hydrogen) atoms. The molecule has 0 spiro atoms. The van der Waals surface area contributed by atoms with Crippen LogP contribution in [0.5, 0.6) is 0 Å². The Kier molecular flexibility index (Phi) is 4.62. The van der Waals surface area contributed by atoms with Crippen LogP contribution in [0, 0.1) is 0 Å². The highest BCUT2D eigenvalue weighted by atomic mass is 32.2. The maximum absolute atomic E-state index is 6.19. The predicted molar refractivity (Wildman–Crippen MR) is 100 cm³/mol. The van der Waals surface area contributed by atoms with Crippen molar-refractivity contribution in [3.05, 3.63) is 65.7 Å². The maximum Gasteiger partial charge on any atom is 0.210 e. The van der Waals surface area contributed by atoms with Crippen molar-refractivity contribution in [2.24, 2.45) is 0 Å². The van der Waals surface area contributed by atoms with Gasteiger partial charge in [-0.1, -0.05) is 87.1 Å². The summed E-state index contributed by atoms with van der Waals surface area (Å²) >= 11 is 1.59. The van der Waals surface area contributed by atoms with Crippen LogP contribution in [0.15, 0.2) is 59.8 Å². The average Bonchev–Trinajstić information content (AvgIpc) is 2.94. The maximum atomic E-state index is 6.19. The largest absolute Gasteiger partial charge is 0.335 e. The van der Waals surface area contributed by atoms with Crippen molar-refractivity contribution in [3.8, 4) is 11.4 Å². The zero-order valence-corrected chi connectivity index (χ0v) is 15.0. The molecule has 0 radical (unpaired) electrons. The van der Waals surface area contributed by atoms with E-state index < -0.39 is 0 Å². The Morgan fingerprint density at radius 3 is 2.25 bits per heavy atom.